The van der Waals surface area contributed by atoms with Crippen LogP contribution in [0, 0.1) is 0 Å². The van der Waals surface area contributed by atoms with Gasteiger partial charge in [-0.2, -0.15) is 0 Å². The number of hydrogen-bond acceptors (Lipinski definition) is 8. The van der Waals surface area contributed by atoms with Crippen molar-refractivity contribution in [3.8, 4) is 0 Å². The van der Waals surface area contributed by atoms with E-state index in [-0.39, 0.29) is 12.5 Å². The van der Waals surface area contributed by atoms with Crippen LogP contribution in [0.3, 0.4) is 0 Å². The molecule has 1 aliphatic heterocycles. The zero-order valence-electron chi connectivity index (χ0n) is 34.7. The Bertz CT molecular complexity index is 899. The van der Waals surface area contributed by atoms with Crippen LogP contribution in [0.15, 0.2) is 24.3 Å². The molecule has 0 radical (unpaired) electrons. The molecule has 1 amide bonds. The summed E-state index contributed by atoms with van der Waals surface area (Å²) in [4.78, 5) is 12.9. The van der Waals surface area contributed by atoms with Crippen LogP contribution in [0.25, 0.3) is 0 Å². The Balaban J connectivity index is 2.34. The number of amides is 1. The van der Waals surface area contributed by atoms with Crippen LogP contribution >= 0.6 is 0 Å². The average molecular weight is 768 g/mol. The minimum atomic E-state index is -1.57. The Labute approximate surface area is 330 Å². The molecule has 54 heavy (non-hydrogen) atoms. The van der Waals surface area contributed by atoms with E-state index < -0.39 is 49.5 Å². The van der Waals surface area contributed by atoms with Gasteiger partial charge in [0, 0.05) is 6.42 Å². The lowest BCUT2D eigenvalue weighted by Gasteiger charge is -2.40. The van der Waals surface area contributed by atoms with Crippen molar-refractivity contribution in [2.24, 2.45) is 0 Å². The first-order valence-corrected chi connectivity index (χ1v) is 22.6. The van der Waals surface area contributed by atoms with Gasteiger partial charge in [0.2, 0.25) is 5.91 Å². The Morgan fingerprint density at radius 2 is 1.06 bits per heavy atom. The average Bonchev–Trinajstić information content (AvgIpc) is 3.17. The number of allylic oxidation sites excluding steroid dienone is 3. The second-order valence-electron chi connectivity index (χ2n) is 15.8. The normalized spacial score (nSPS) is 21.6. The molecule has 0 saturated carbocycles. The number of unbranched alkanes of at least 4 members (excludes halogenated alkanes) is 25. The number of hydrogen-bond donors (Lipinski definition) is 6. The lowest BCUT2D eigenvalue weighted by Crippen LogP contribution is -2.60. The number of carbonyl (C=O) groups excluding carboxylic acids is 1. The van der Waals surface area contributed by atoms with E-state index in [1.54, 1.807) is 6.08 Å². The smallest absolute Gasteiger partial charge is 0.220 e. The number of nitrogens with one attached hydrogen (secondary N) is 1. The van der Waals surface area contributed by atoms with Gasteiger partial charge in [0.05, 0.1) is 25.4 Å². The zero-order valence-corrected chi connectivity index (χ0v) is 34.7. The van der Waals surface area contributed by atoms with E-state index in [4.69, 9.17) is 9.47 Å². The van der Waals surface area contributed by atoms with E-state index in [1.165, 1.54) is 141 Å². The van der Waals surface area contributed by atoms with E-state index in [1.807, 2.05) is 6.08 Å². The van der Waals surface area contributed by atoms with Crippen molar-refractivity contribution in [3.63, 3.8) is 0 Å². The van der Waals surface area contributed by atoms with Crippen LogP contribution in [-0.4, -0.2) is 87.5 Å². The molecule has 9 nitrogen and oxygen atoms in total. The van der Waals surface area contributed by atoms with Crippen molar-refractivity contribution in [1.29, 1.82) is 0 Å². The first-order valence-electron chi connectivity index (χ1n) is 22.6. The van der Waals surface area contributed by atoms with Crippen LogP contribution < -0.4 is 5.32 Å². The van der Waals surface area contributed by atoms with Gasteiger partial charge in [0.15, 0.2) is 6.29 Å². The molecular weight excluding hydrogens is 682 g/mol. The standard InChI is InChI=1S/C45H85NO8/c1-3-5-7-9-11-13-15-17-18-19-20-21-22-23-25-27-29-31-33-35-41(49)46-38(37-53-45-44(52)43(51)42(50)40(36-47)54-45)39(48)34-32-30-28-26-24-16-14-12-10-8-6-4-2/h24,26,32,34,38-40,42-45,47-48,50-52H,3-23,25,27-31,33,35-37H2,1-2H3,(H,46,49)/b26-24+,34-32+. The van der Waals surface area contributed by atoms with Gasteiger partial charge < -0.3 is 40.3 Å². The predicted octanol–water partition coefficient (Wildman–Crippen LogP) is 9.11. The van der Waals surface area contributed by atoms with Gasteiger partial charge in [0.1, 0.15) is 24.4 Å². The van der Waals surface area contributed by atoms with Gasteiger partial charge in [0.25, 0.3) is 0 Å². The SMILES string of the molecule is CCCCCCCC/C=C/CC/C=C/C(O)C(COC1OC(CO)C(O)C(O)C1O)NC(=O)CCCCCCCCCCCCCCCCCCCCC. The van der Waals surface area contributed by atoms with Crippen molar-refractivity contribution in [2.75, 3.05) is 13.2 Å². The van der Waals surface area contributed by atoms with Gasteiger partial charge >= 0.3 is 0 Å². The summed E-state index contributed by atoms with van der Waals surface area (Å²) in [6.07, 6.45) is 35.1. The molecule has 318 valence electrons. The van der Waals surface area contributed by atoms with Crippen molar-refractivity contribution in [2.45, 2.75) is 243 Å². The number of ether oxygens (including phenoxy) is 2. The Morgan fingerprint density at radius 3 is 1.56 bits per heavy atom. The molecule has 1 fully saturated rings. The summed E-state index contributed by atoms with van der Waals surface area (Å²) in [6.45, 7) is 3.74. The first-order chi connectivity index (χ1) is 26.3. The second-order valence-corrected chi connectivity index (χ2v) is 15.8. The predicted molar refractivity (Wildman–Crippen MR) is 221 cm³/mol. The maximum Gasteiger partial charge on any atom is 0.220 e. The molecule has 0 aromatic heterocycles. The molecule has 0 spiro atoms. The van der Waals surface area contributed by atoms with Gasteiger partial charge in [-0.25, -0.2) is 0 Å². The molecule has 0 bridgehead atoms. The Hall–Kier alpha value is -1.33. The summed E-state index contributed by atoms with van der Waals surface area (Å²) >= 11 is 0. The number of aliphatic hydroxyl groups is 5. The monoisotopic (exact) mass is 768 g/mol. The van der Waals surface area contributed by atoms with Crippen molar-refractivity contribution in [1.82, 2.24) is 5.32 Å². The van der Waals surface area contributed by atoms with Crippen LogP contribution in [0.5, 0.6) is 0 Å². The second kappa shape index (κ2) is 36.0. The third-order valence-corrected chi connectivity index (χ3v) is 10.8. The van der Waals surface area contributed by atoms with Crippen LogP contribution in [0.2, 0.25) is 0 Å². The molecule has 1 saturated heterocycles. The maximum absolute atomic E-state index is 12.9. The highest BCUT2D eigenvalue weighted by Crippen LogP contribution is 2.22. The quantitative estimate of drug-likeness (QED) is 0.0271. The summed E-state index contributed by atoms with van der Waals surface area (Å²) in [5.74, 6) is -0.186. The molecule has 1 rings (SSSR count). The lowest BCUT2D eigenvalue weighted by molar-refractivity contribution is -0.302. The van der Waals surface area contributed by atoms with Crippen molar-refractivity contribution in [3.05, 3.63) is 24.3 Å². The van der Waals surface area contributed by atoms with Gasteiger partial charge in [-0.05, 0) is 32.1 Å². The topological polar surface area (TPSA) is 149 Å². The van der Waals surface area contributed by atoms with Gasteiger partial charge in [-0.15, -0.1) is 0 Å². The van der Waals surface area contributed by atoms with E-state index in [0.29, 0.717) is 6.42 Å². The Kier molecular flexibility index (Phi) is 33.8. The molecular formula is C45H85NO8. The van der Waals surface area contributed by atoms with Crippen LogP contribution in [0.4, 0.5) is 0 Å². The van der Waals surface area contributed by atoms with E-state index >= 15 is 0 Å². The lowest BCUT2D eigenvalue weighted by atomic mass is 9.99. The van der Waals surface area contributed by atoms with Crippen molar-refractivity contribution < 1.29 is 39.8 Å². The first kappa shape index (κ1) is 50.7. The van der Waals surface area contributed by atoms with E-state index in [2.05, 4.69) is 31.3 Å². The fourth-order valence-corrected chi connectivity index (χ4v) is 7.11. The molecule has 9 heteroatoms. The van der Waals surface area contributed by atoms with Gasteiger partial charge in [-0.3, -0.25) is 4.79 Å². The largest absolute Gasteiger partial charge is 0.394 e. The summed E-state index contributed by atoms with van der Waals surface area (Å²) in [5.41, 5.74) is 0. The van der Waals surface area contributed by atoms with Crippen molar-refractivity contribution >= 4 is 5.91 Å². The molecule has 0 aromatic rings. The van der Waals surface area contributed by atoms with Gasteiger partial charge in [-0.1, -0.05) is 186 Å². The highest BCUT2D eigenvalue weighted by Gasteiger charge is 2.44. The maximum atomic E-state index is 12.9. The number of carbonyl (C=O) groups is 1. The summed E-state index contributed by atoms with van der Waals surface area (Å²) in [6, 6.07) is -0.815. The van der Waals surface area contributed by atoms with Crippen LogP contribution in [0.1, 0.15) is 200 Å². The molecule has 1 heterocycles. The third-order valence-electron chi connectivity index (χ3n) is 10.8. The highest BCUT2D eigenvalue weighted by molar-refractivity contribution is 5.76. The molecule has 0 aromatic carbocycles. The zero-order chi connectivity index (χ0) is 39.5. The summed E-state index contributed by atoms with van der Waals surface area (Å²) < 4.78 is 11.2. The number of aliphatic hydroxyl groups excluding tert-OH is 5. The van der Waals surface area contributed by atoms with E-state index in [9.17, 15) is 30.3 Å². The fraction of sp³-hybridized carbons (Fsp3) is 0.889. The molecule has 7 atom stereocenters. The Morgan fingerprint density at radius 1 is 0.611 bits per heavy atom. The fourth-order valence-electron chi connectivity index (χ4n) is 7.11. The molecule has 6 N–H and O–H groups in total. The molecule has 7 unspecified atom stereocenters. The highest BCUT2D eigenvalue weighted by atomic mass is 16.7. The minimum Gasteiger partial charge on any atom is -0.394 e. The minimum absolute atomic E-state index is 0.186. The van der Waals surface area contributed by atoms with E-state index in [0.717, 1.165) is 38.5 Å². The summed E-state index contributed by atoms with van der Waals surface area (Å²) in [5, 5.41) is 54.0. The third kappa shape index (κ3) is 26.5. The molecule has 1 aliphatic rings. The summed E-state index contributed by atoms with van der Waals surface area (Å²) in [7, 11) is 0. The molecule has 0 aliphatic carbocycles. The van der Waals surface area contributed by atoms with Crippen LogP contribution in [-0.2, 0) is 14.3 Å². The number of rotatable bonds is 37.